The van der Waals surface area contributed by atoms with Crippen molar-refractivity contribution in [3.05, 3.63) is 11.6 Å². The fourth-order valence-electron chi connectivity index (χ4n) is 9.54. The topological polar surface area (TPSA) is 58.9 Å². The minimum Gasteiger partial charge on any atom is -0.393 e. The summed E-state index contributed by atoms with van der Waals surface area (Å²) in [5.41, 5.74) is 1.62. The van der Waals surface area contributed by atoms with Gasteiger partial charge in [0.2, 0.25) is 0 Å². The van der Waals surface area contributed by atoms with Crippen LogP contribution in [0.15, 0.2) is 11.6 Å². The molecule has 4 nitrogen and oxygen atoms in total. The van der Waals surface area contributed by atoms with Crippen LogP contribution in [0.25, 0.3) is 0 Å². The Balaban J connectivity index is 1.31. The Morgan fingerprint density at radius 3 is 2.45 bits per heavy atom. The number of fused-ring (bicyclic) bond motifs is 5. The number of ether oxygens (including phenoxy) is 2. The summed E-state index contributed by atoms with van der Waals surface area (Å²) in [6.07, 6.45) is 11.5. The third-order valence-electron chi connectivity index (χ3n) is 11.5. The highest BCUT2D eigenvalue weighted by atomic mass is 16.7. The van der Waals surface area contributed by atoms with E-state index in [4.69, 9.17) is 9.47 Å². The molecule has 3 saturated carbocycles. The standard InChI is InChI=1S/C29H48O4/c1-18(2)29(32-14-15-33-29)13-10-19(3)23-8-9-24-22-7-6-20-16-21(30)17-26(31)28(20,5)25(22)11-12-27(23,24)4/h6,18-19,21-26,30-31H,7-17H2,1-5H3/t19-,21-,22+,23-,24+,25+,26+,27-,28+/m1/s1. The molecule has 0 aromatic rings. The second-order valence-electron chi connectivity index (χ2n) is 13.1. The molecule has 1 aliphatic heterocycles. The molecular weight excluding hydrogens is 412 g/mol. The molecule has 5 rings (SSSR count). The van der Waals surface area contributed by atoms with E-state index in [1.54, 1.807) is 0 Å². The first kappa shape index (κ1) is 24.3. The quantitative estimate of drug-likeness (QED) is 0.516. The Bertz CT molecular complexity index is 755. The molecule has 1 saturated heterocycles. The Kier molecular flexibility index (Phi) is 6.33. The third kappa shape index (κ3) is 3.69. The van der Waals surface area contributed by atoms with Crippen LogP contribution in [0.5, 0.6) is 0 Å². The normalized spacial score (nSPS) is 47.6. The fourth-order valence-corrected chi connectivity index (χ4v) is 9.54. The highest BCUT2D eigenvalue weighted by Crippen LogP contribution is 2.67. The Morgan fingerprint density at radius 1 is 1.03 bits per heavy atom. The van der Waals surface area contributed by atoms with Crippen molar-refractivity contribution in [2.45, 2.75) is 110 Å². The molecule has 2 N–H and O–H groups in total. The molecular formula is C29H48O4. The van der Waals surface area contributed by atoms with Gasteiger partial charge in [-0.15, -0.1) is 0 Å². The summed E-state index contributed by atoms with van der Waals surface area (Å²) in [4.78, 5) is 0. The molecule has 4 aliphatic carbocycles. The highest BCUT2D eigenvalue weighted by molar-refractivity contribution is 5.27. The van der Waals surface area contributed by atoms with E-state index < -0.39 is 6.10 Å². The second-order valence-corrected chi connectivity index (χ2v) is 13.1. The van der Waals surface area contributed by atoms with E-state index in [0.717, 1.165) is 44.3 Å². The van der Waals surface area contributed by atoms with Crippen LogP contribution in [0.4, 0.5) is 0 Å². The Labute approximate surface area is 201 Å². The molecule has 9 atom stereocenters. The number of rotatable bonds is 5. The maximum absolute atomic E-state index is 11.1. The lowest BCUT2D eigenvalue weighted by molar-refractivity contribution is -0.195. The van der Waals surface area contributed by atoms with Gasteiger partial charge in [0.15, 0.2) is 5.79 Å². The lowest BCUT2D eigenvalue weighted by Crippen LogP contribution is -2.55. The summed E-state index contributed by atoms with van der Waals surface area (Å²) in [7, 11) is 0. The number of hydrogen-bond donors (Lipinski definition) is 2. The van der Waals surface area contributed by atoms with E-state index in [-0.39, 0.29) is 17.3 Å². The molecule has 4 heteroatoms. The lowest BCUT2D eigenvalue weighted by atomic mass is 9.46. The fraction of sp³-hybridized carbons (Fsp3) is 0.931. The minimum absolute atomic E-state index is 0.131. The van der Waals surface area contributed by atoms with Gasteiger partial charge in [-0.3, -0.25) is 0 Å². The summed E-state index contributed by atoms with van der Waals surface area (Å²) in [6.45, 7) is 13.3. The molecule has 0 spiro atoms. The van der Waals surface area contributed by atoms with Gasteiger partial charge in [-0.05, 0) is 80.0 Å². The first-order chi connectivity index (χ1) is 15.6. The smallest absolute Gasteiger partial charge is 0.170 e. The summed E-state index contributed by atoms with van der Waals surface area (Å²) in [5, 5.41) is 21.4. The van der Waals surface area contributed by atoms with Gasteiger partial charge in [0.25, 0.3) is 0 Å². The van der Waals surface area contributed by atoms with Crippen LogP contribution >= 0.6 is 0 Å². The summed E-state index contributed by atoms with van der Waals surface area (Å²) in [5.74, 6) is 3.48. The molecule has 0 unspecified atom stereocenters. The van der Waals surface area contributed by atoms with Crippen molar-refractivity contribution in [1.82, 2.24) is 0 Å². The molecule has 0 aromatic heterocycles. The van der Waals surface area contributed by atoms with Crippen molar-refractivity contribution < 1.29 is 19.7 Å². The van der Waals surface area contributed by atoms with E-state index in [1.807, 2.05) is 0 Å². The Hall–Kier alpha value is -0.420. The first-order valence-corrected chi connectivity index (χ1v) is 14.0. The number of allylic oxidation sites excluding steroid dienone is 1. The van der Waals surface area contributed by atoms with Gasteiger partial charge in [-0.1, -0.05) is 46.3 Å². The van der Waals surface area contributed by atoms with Gasteiger partial charge < -0.3 is 19.7 Å². The van der Waals surface area contributed by atoms with Crippen LogP contribution in [-0.2, 0) is 9.47 Å². The van der Waals surface area contributed by atoms with Crippen molar-refractivity contribution in [2.24, 2.45) is 46.3 Å². The largest absolute Gasteiger partial charge is 0.393 e. The number of aliphatic hydroxyl groups excluding tert-OH is 2. The van der Waals surface area contributed by atoms with Gasteiger partial charge in [-0.2, -0.15) is 0 Å². The molecule has 0 radical (unpaired) electrons. The molecule has 1 heterocycles. The lowest BCUT2D eigenvalue weighted by Gasteiger charge is -2.59. The van der Waals surface area contributed by atoms with Gasteiger partial charge in [-0.25, -0.2) is 0 Å². The summed E-state index contributed by atoms with van der Waals surface area (Å²) in [6, 6.07) is 0. The van der Waals surface area contributed by atoms with Crippen LogP contribution in [0.3, 0.4) is 0 Å². The second kappa shape index (κ2) is 8.61. The van der Waals surface area contributed by atoms with E-state index >= 15 is 0 Å². The average Bonchev–Trinajstić information content (AvgIpc) is 3.38. The maximum Gasteiger partial charge on any atom is 0.170 e. The molecule has 188 valence electrons. The van der Waals surface area contributed by atoms with Crippen LogP contribution in [0, 0.1) is 46.3 Å². The number of hydrogen-bond acceptors (Lipinski definition) is 4. The van der Waals surface area contributed by atoms with Gasteiger partial charge in [0.1, 0.15) is 0 Å². The van der Waals surface area contributed by atoms with E-state index in [9.17, 15) is 10.2 Å². The zero-order chi connectivity index (χ0) is 23.6. The van der Waals surface area contributed by atoms with Crippen LogP contribution < -0.4 is 0 Å². The van der Waals surface area contributed by atoms with E-state index in [0.29, 0.717) is 35.5 Å². The van der Waals surface area contributed by atoms with Crippen LogP contribution in [0.2, 0.25) is 0 Å². The monoisotopic (exact) mass is 460 g/mol. The van der Waals surface area contributed by atoms with E-state index in [2.05, 4.69) is 40.7 Å². The summed E-state index contributed by atoms with van der Waals surface area (Å²) < 4.78 is 12.3. The molecule has 5 aliphatic rings. The van der Waals surface area contributed by atoms with Crippen molar-refractivity contribution in [3.8, 4) is 0 Å². The number of aliphatic hydroxyl groups is 2. The molecule has 0 aromatic carbocycles. The minimum atomic E-state index is -0.403. The Morgan fingerprint density at radius 2 is 1.76 bits per heavy atom. The van der Waals surface area contributed by atoms with Gasteiger partial charge in [0.05, 0.1) is 25.4 Å². The zero-order valence-corrected chi connectivity index (χ0v) is 21.7. The third-order valence-corrected chi connectivity index (χ3v) is 11.5. The SMILES string of the molecule is CC(C)C1(CC[C@@H](C)[C@H]2CC[C@H]3[C@@H]4CC=C5C[C@@H](O)C[C@H](O)[C@]5(C)[C@H]4CC[C@]23C)OCCO1. The van der Waals surface area contributed by atoms with Crippen molar-refractivity contribution in [1.29, 1.82) is 0 Å². The zero-order valence-electron chi connectivity index (χ0n) is 21.7. The molecule has 0 bridgehead atoms. The average molecular weight is 461 g/mol. The first-order valence-electron chi connectivity index (χ1n) is 14.0. The van der Waals surface area contributed by atoms with Crippen molar-refractivity contribution in [3.63, 3.8) is 0 Å². The predicted octanol–water partition coefficient (Wildman–Crippen LogP) is 5.71. The summed E-state index contributed by atoms with van der Waals surface area (Å²) >= 11 is 0. The van der Waals surface area contributed by atoms with Gasteiger partial charge in [0, 0.05) is 24.2 Å². The van der Waals surface area contributed by atoms with E-state index in [1.165, 1.54) is 37.7 Å². The van der Waals surface area contributed by atoms with Crippen molar-refractivity contribution in [2.75, 3.05) is 13.2 Å². The maximum atomic E-state index is 11.1. The van der Waals surface area contributed by atoms with Crippen LogP contribution in [-0.4, -0.2) is 41.4 Å². The molecule has 0 amide bonds. The molecule has 4 fully saturated rings. The highest BCUT2D eigenvalue weighted by Gasteiger charge is 2.61. The van der Waals surface area contributed by atoms with Gasteiger partial charge >= 0.3 is 0 Å². The van der Waals surface area contributed by atoms with Crippen molar-refractivity contribution >= 4 is 0 Å². The molecule has 33 heavy (non-hydrogen) atoms. The predicted molar refractivity (Wildman–Crippen MR) is 130 cm³/mol. The van der Waals surface area contributed by atoms with Crippen LogP contribution in [0.1, 0.15) is 92.4 Å².